The second kappa shape index (κ2) is 6.50. The highest BCUT2D eigenvalue weighted by Crippen LogP contribution is 2.22. The van der Waals surface area contributed by atoms with Gasteiger partial charge in [-0.15, -0.1) is 0 Å². The van der Waals surface area contributed by atoms with E-state index in [1.165, 1.54) is 18.2 Å². The molecule has 0 bridgehead atoms. The topological polar surface area (TPSA) is 105 Å². The second-order valence-electron chi connectivity index (χ2n) is 4.50. The molecule has 2 aromatic rings. The highest BCUT2D eigenvalue weighted by molar-refractivity contribution is 5.61. The molecule has 1 unspecified atom stereocenters. The van der Waals surface area contributed by atoms with Crippen molar-refractivity contribution in [3.05, 3.63) is 69.8 Å². The third kappa shape index (κ3) is 3.55. The number of nitro benzene ring substituents is 1. The van der Waals surface area contributed by atoms with Crippen molar-refractivity contribution in [2.24, 2.45) is 5.73 Å². The first kappa shape index (κ1) is 14.5. The van der Waals surface area contributed by atoms with Gasteiger partial charge in [0.1, 0.15) is 6.07 Å². The molecule has 0 aliphatic heterocycles. The fourth-order valence-corrected chi connectivity index (χ4v) is 1.93. The molecule has 0 amide bonds. The molecule has 0 aliphatic rings. The largest absolute Gasteiger partial charge is 0.382 e. The Bertz CT molecular complexity index is 680. The van der Waals surface area contributed by atoms with E-state index in [0.29, 0.717) is 12.2 Å². The van der Waals surface area contributed by atoms with Gasteiger partial charge in [0.2, 0.25) is 0 Å². The van der Waals surface area contributed by atoms with E-state index >= 15 is 0 Å². The van der Waals surface area contributed by atoms with Crippen LogP contribution in [0.15, 0.2) is 48.5 Å². The first-order valence-electron chi connectivity index (χ1n) is 6.34. The molecule has 6 nitrogen and oxygen atoms in total. The molecule has 0 aromatic heterocycles. The number of hydrogen-bond donors (Lipinski definition) is 2. The van der Waals surface area contributed by atoms with E-state index in [9.17, 15) is 10.1 Å². The number of benzene rings is 2. The molecule has 0 heterocycles. The third-order valence-corrected chi connectivity index (χ3v) is 3.07. The van der Waals surface area contributed by atoms with Crippen LogP contribution in [0.25, 0.3) is 0 Å². The first-order chi connectivity index (χ1) is 10.1. The first-order valence-corrected chi connectivity index (χ1v) is 6.34. The maximum Gasteiger partial charge on any atom is 0.270 e. The summed E-state index contributed by atoms with van der Waals surface area (Å²) in [6.45, 7) is 0.427. The van der Waals surface area contributed by atoms with Crippen molar-refractivity contribution in [3.63, 3.8) is 0 Å². The summed E-state index contributed by atoms with van der Waals surface area (Å²) in [5.41, 5.74) is 7.69. The number of nitriles is 1. The number of rotatable bonds is 5. The second-order valence-corrected chi connectivity index (χ2v) is 4.50. The Balaban J connectivity index is 2.10. The van der Waals surface area contributed by atoms with Crippen LogP contribution in [-0.4, -0.2) is 11.5 Å². The average molecular weight is 282 g/mol. The number of nitrogens with one attached hydrogen (secondary N) is 1. The Labute approximate surface area is 122 Å². The van der Waals surface area contributed by atoms with Crippen LogP contribution in [0.2, 0.25) is 0 Å². The molecule has 6 heteroatoms. The van der Waals surface area contributed by atoms with E-state index < -0.39 is 4.92 Å². The summed E-state index contributed by atoms with van der Waals surface area (Å²) in [6, 6.07) is 15.4. The summed E-state index contributed by atoms with van der Waals surface area (Å²) in [6.07, 6.45) is 0. The average Bonchev–Trinajstić information content (AvgIpc) is 2.53. The number of nitrogens with zero attached hydrogens (tertiary/aromatic N) is 2. The lowest BCUT2D eigenvalue weighted by atomic mass is 10.1. The normalized spacial score (nSPS) is 11.4. The van der Waals surface area contributed by atoms with E-state index in [-0.39, 0.29) is 17.3 Å². The highest BCUT2D eigenvalue weighted by Gasteiger charge is 2.11. The molecule has 2 aromatic carbocycles. The molecular weight excluding hydrogens is 268 g/mol. The van der Waals surface area contributed by atoms with Crippen LogP contribution in [0.1, 0.15) is 17.2 Å². The Morgan fingerprint density at radius 3 is 2.62 bits per heavy atom. The fraction of sp³-hybridized carbons (Fsp3) is 0.133. The van der Waals surface area contributed by atoms with Gasteiger partial charge < -0.3 is 11.1 Å². The zero-order valence-electron chi connectivity index (χ0n) is 11.2. The molecular formula is C15H14N4O2. The molecule has 0 aliphatic carbocycles. The summed E-state index contributed by atoms with van der Waals surface area (Å²) in [4.78, 5) is 10.2. The quantitative estimate of drug-likeness (QED) is 0.647. The lowest BCUT2D eigenvalue weighted by Crippen LogP contribution is -2.20. The van der Waals surface area contributed by atoms with Gasteiger partial charge in [-0.2, -0.15) is 5.26 Å². The molecule has 21 heavy (non-hydrogen) atoms. The van der Waals surface area contributed by atoms with Crippen molar-refractivity contribution in [3.8, 4) is 6.07 Å². The van der Waals surface area contributed by atoms with Gasteiger partial charge in [0.25, 0.3) is 5.69 Å². The van der Waals surface area contributed by atoms with Gasteiger partial charge in [-0.1, -0.05) is 30.3 Å². The Kier molecular flexibility index (Phi) is 4.49. The number of non-ortho nitro benzene ring substituents is 1. The number of hydrogen-bond acceptors (Lipinski definition) is 5. The molecule has 0 spiro atoms. The van der Waals surface area contributed by atoms with Crippen molar-refractivity contribution in [2.75, 3.05) is 11.9 Å². The van der Waals surface area contributed by atoms with Crippen LogP contribution in [0.4, 0.5) is 11.4 Å². The Morgan fingerprint density at radius 2 is 2.00 bits per heavy atom. The van der Waals surface area contributed by atoms with Crippen molar-refractivity contribution in [1.29, 1.82) is 5.26 Å². The third-order valence-electron chi connectivity index (χ3n) is 3.07. The van der Waals surface area contributed by atoms with Gasteiger partial charge in [0, 0.05) is 24.7 Å². The van der Waals surface area contributed by atoms with Crippen molar-refractivity contribution < 1.29 is 4.92 Å². The van der Waals surface area contributed by atoms with Gasteiger partial charge >= 0.3 is 0 Å². The predicted molar refractivity (Wildman–Crippen MR) is 79.7 cm³/mol. The molecule has 0 saturated heterocycles. The summed E-state index contributed by atoms with van der Waals surface area (Å²) in [5.74, 6) is 0. The summed E-state index contributed by atoms with van der Waals surface area (Å²) in [5, 5.41) is 22.8. The highest BCUT2D eigenvalue weighted by atomic mass is 16.6. The maximum atomic E-state index is 10.7. The molecule has 0 fully saturated rings. The van der Waals surface area contributed by atoms with Crippen LogP contribution >= 0.6 is 0 Å². The number of nitro groups is 1. The molecule has 1 atom stereocenters. The van der Waals surface area contributed by atoms with Gasteiger partial charge in [-0.25, -0.2) is 0 Å². The number of nitrogens with two attached hydrogens (primary N) is 1. The van der Waals surface area contributed by atoms with Gasteiger partial charge in [-0.3, -0.25) is 10.1 Å². The van der Waals surface area contributed by atoms with Crippen LogP contribution < -0.4 is 11.1 Å². The van der Waals surface area contributed by atoms with Gasteiger partial charge in [0.15, 0.2) is 0 Å². The zero-order chi connectivity index (χ0) is 15.2. The van der Waals surface area contributed by atoms with Crippen LogP contribution in [0.3, 0.4) is 0 Å². The number of anilines is 1. The van der Waals surface area contributed by atoms with Crippen LogP contribution in [-0.2, 0) is 0 Å². The molecule has 2 rings (SSSR count). The van der Waals surface area contributed by atoms with Gasteiger partial charge in [0.05, 0.1) is 16.2 Å². The van der Waals surface area contributed by atoms with Gasteiger partial charge in [-0.05, 0) is 11.6 Å². The van der Waals surface area contributed by atoms with Crippen LogP contribution in [0.5, 0.6) is 0 Å². The lowest BCUT2D eigenvalue weighted by Gasteiger charge is -2.14. The van der Waals surface area contributed by atoms with E-state index in [2.05, 4.69) is 5.32 Å². The van der Waals surface area contributed by atoms with Crippen LogP contribution in [0, 0.1) is 21.4 Å². The molecule has 0 radical (unpaired) electrons. The van der Waals surface area contributed by atoms with Crippen molar-refractivity contribution in [2.45, 2.75) is 6.04 Å². The molecule has 0 saturated carbocycles. The monoisotopic (exact) mass is 282 g/mol. The van der Waals surface area contributed by atoms with E-state index in [4.69, 9.17) is 11.0 Å². The lowest BCUT2D eigenvalue weighted by molar-refractivity contribution is -0.384. The maximum absolute atomic E-state index is 10.7. The summed E-state index contributed by atoms with van der Waals surface area (Å²) in [7, 11) is 0. The SMILES string of the molecule is N#Cc1cc([N+](=O)[O-])ccc1NCC(N)c1ccccc1. The minimum atomic E-state index is -0.527. The molecule has 106 valence electrons. The van der Waals surface area contributed by atoms with Crippen molar-refractivity contribution in [1.82, 2.24) is 0 Å². The fourth-order valence-electron chi connectivity index (χ4n) is 1.93. The smallest absolute Gasteiger partial charge is 0.270 e. The summed E-state index contributed by atoms with van der Waals surface area (Å²) < 4.78 is 0. The van der Waals surface area contributed by atoms with E-state index in [1.54, 1.807) is 0 Å². The minimum absolute atomic E-state index is 0.107. The predicted octanol–water partition coefficient (Wildman–Crippen LogP) is 2.58. The van der Waals surface area contributed by atoms with E-state index in [0.717, 1.165) is 5.56 Å². The zero-order valence-corrected chi connectivity index (χ0v) is 11.2. The van der Waals surface area contributed by atoms with E-state index in [1.807, 2.05) is 36.4 Å². The summed E-state index contributed by atoms with van der Waals surface area (Å²) >= 11 is 0. The molecule has 3 N–H and O–H groups in total. The Hall–Kier alpha value is -2.91. The van der Waals surface area contributed by atoms with Crippen molar-refractivity contribution >= 4 is 11.4 Å². The minimum Gasteiger partial charge on any atom is -0.382 e. The standard InChI is InChI=1S/C15H14N4O2/c16-9-12-8-13(19(20)21)6-7-15(12)18-10-14(17)11-4-2-1-3-5-11/h1-8,14,18H,10,17H2. The Morgan fingerprint density at radius 1 is 1.29 bits per heavy atom.